The fraction of sp³-hybridized carbons (Fsp3) is 0.350. The Kier molecular flexibility index (Phi) is 5.11. The highest BCUT2D eigenvalue weighted by Gasteiger charge is 2.34. The molecule has 27 heavy (non-hydrogen) atoms. The molecule has 1 saturated heterocycles. The first kappa shape index (κ1) is 18.0. The van der Waals surface area contributed by atoms with Gasteiger partial charge in [-0.15, -0.1) is 0 Å². The highest BCUT2D eigenvalue weighted by Crippen LogP contribution is 2.31. The molecule has 1 aliphatic heterocycles. The van der Waals surface area contributed by atoms with Gasteiger partial charge in [0.25, 0.3) is 5.91 Å². The zero-order chi connectivity index (χ0) is 18.8. The van der Waals surface area contributed by atoms with Crippen LogP contribution in [0.1, 0.15) is 23.2 Å². The molecule has 0 spiro atoms. The number of halogens is 1. The van der Waals surface area contributed by atoms with E-state index in [0.29, 0.717) is 17.4 Å². The molecule has 6 nitrogen and oxygen atoms in total. The number of benzene rings is 1. The van der Waals surface area contributed by atoms with Crippen LogP contribution in [0, 0.1) is 5.92 Å². The lowest BCUT2D eigenvalue weighted by Gasteiger charge is -2.36. The van der Waals surface area contributed by atoms with Crippen LogP contribution >= 0.6 is 15.9 Å². The average Bonchev–Trinajstić information content (AvgIpc) is 3.53. The minimum atomic E-state index is -0.191. The van der Waals surface area contributed by atoms with Gasteiger partial charge >= 0.3 is 0 Å². The summed E-state index contributed by atoms with van der Waals surface area (Å²) in [4.78, 5) is 32.7. The van der Waals surface area contributed by atoms with Crippen molar-refractivity contribution in [2.24, 2.45) is 5.92 Å². The van der Waals surface area contributed by atoms with Crippen LogP contribution in [0.25, 0.3) is 0 Å². The Bertz CT molecular complexity index is 843. The Hall–Kier alpha value is -2.41. The lowest BCUT2D eigenvalue weighted by atomic mass is 10.2. The van der Waals surface area contributed by atoms with Gasteiger partial charge in [0.15, 0.2) is 0 Å². The molecule has 0 unspecified atom stereocenters. The monoisotopic (exact) mass is 428 g/mol. The predicted octanol–water partition coefficient (Wildman–Crippen LogP) is 3.16. The van der Waals surface area contributed by atoms with Crippen molar-refractivity contribution < 1.29 is 9.59 Å². The number of rotatable bonds is 4. The Morgan fingerprint density at radius 3 is 2.37 bits per heavy atom. The Morgan fingerprint density at radius 1 is 1.04 bits per heavy atom. The van der Waals surface area contributed by atoms with E-state index in [0.717, 1.165) is 54.9 Å². The van der Waals surface area contributed by atoms with Crippen molar-refractivity contribution in [3.05, 3.63) is 52.8 Å². The first-order chi connectivity index (χ1) is 13.1. The number of hydrogen-bond donors (Lipinski definition) is 1. The van der Waals surface area contributed by atoms with Crippen LogP contribution in [0.15, 0.2) is 47.2 Å². The maximum Gasteiger partial charge on any atom is 0.257 e. The van der Waals surface area contributed by atoms with Gasteiger partial charge in [-0.3, -0.25) is 14.6 Å². The number of carbonyl (C=O) groups is 2. The summed E-state index contributed by atoms with van der Waals surface area (Å²) in [5.74, 6) is 0.429. The van der Waals surface area contributed by atoms with Crippen molar-refractivity contribution in [1.29, 1.82) is 0 Å². The summed E-state index contributed by atoms with van der Waals surface area (Å²) in [5, 5.41) is 2.89. The van der Waals surface area contributed by atoms with Crippen molar-refractivity contribution in [3.63, 3.8) is 0 Å². The van der Waals surface area contributed by atoms with E-state index >= 15 is 0 Å². The van der Waals surface area contributed by atoms with Crippen LogP contribution < -0.4 is 10.2 Å². The molecule has 1 saturated carbocycles. The molecule has 0 atom stereocenters. The van der Waals surface area contributed by atoms with Crippen LogP contribution in [0.2, 0.25) is 0 Å². The van der Waals surface area contributed by atoms with E-state index in [4.69, 9.17) is 0 Å². The molecular weight excluding hydrogens is 408 g/mol. The number of nitrogens with one attached hydrogen (secondary N) is 1. The van der Waals surface area contributed by atoms with Crippen LogP contribution in [0.4, 0.5) is 11.4 Å². The van der Waals surface area contributed by atoms with E-state index in [1.165, 1.54) is 6.20 Å². The maximum atomic E-state index is 12.3. The number of anilines is 2. The quantitative estimate of drug-likeness (QED) is 0.811. The first-order valence-electron chi connectivity index (χ1n) is 9.16. The molecule has 4 rings (SSSR count). The van der Waals surface area contributed by atoms with Crippen LogP contribution in [-0.2, 0) is 4.79 Å². The predicted molar refractivity (Wildman–Crippen MR) is 108 cm³/mol. The zero-order valence-electron chi connectivity index (χ0n) is 14.9. The molecule has 1 aromatic heterocycles. The Morgan fingerprint density at radius 2 is 1.74 bits per heavy atom. The number of piperazine rings is 1. The number of nitrogens with zero attached hydrogens (tertiary/aromatic N) is 3. The van der Waals surface area contributed by atoms with E-state index in [1.807, 2.05) is 29.2 Å². The van der Waals surface area contributed by atoms with Crippen molar-refractivity contribution in [2.75, 3.05) is 36.4 Å². The summed E-state index contributed by atoms with van der Waals surface area (Å²) in [5.41, 5.74) is 2.35. The number of hydrogen-bond acceptors (Lipinski definition) is 4. The molecule has 0 radical (unpaired) electrons. The van der Waals surface area contributed by atoms with Gasteiger partial charge in [0, 0.05) is 60.3 Å². The van der Waals surface area contributed by atoms with Crippen molar-refractivity contribution in [2.45, 2.75) is 12.8 Å². The molecule has 1 aliphatic carbocycles. The number of amides is 2. The third-order valence-electron chi connectivity index (χ3n) is 4.98. The summed E-state index contributed by atoms with van der Waals surface area (Å²) >= 11 is 3.32. The van der Waals surface area contributed by atoms with E-state index in [1.54, 1.807) is 12.3 Å². The van der Waals surface area contributed by atoms with Crippen molar-refractivity contribution in [3.8, 4) is 0 Å². The topological polar surface area (TPSA) is 65.5 Å². The van der Waals surface area contributed by atoms with Gasteiger partial charge in [0.1, 0.15) is 0 Å². The number of aromatic nitrogens is 1. The molecule has 2 aliphatic rings. The zero-order valence-corrected chi connectivity index (χ0v) is 16.5. The summed E-state index contributed by atoms with van der Waals surface area (Å²) in [6.45, 7) is 3.25. The Balaban J connectivity index is 1.34. The lowest BCUT2D eigenvalue weighted by Crippen LogP contribution is -2.49. The maximum absolute atomic E-state index is 12.3. The van der Waals surface area contributed by atoms with E-state index in [9.17, 15) is 9.59 Å². The molecule has 140 valence electrons. The van der Waals surface area contributed by atoms with Crippen LogP contribution in [0.5, 0.6) is 0 Å². The highest BCUT2D eigenvalue weighted by atomic mass is 79.9. The van der Waals surface area contributed by atoms with E-state index < -0.39 is 0 Å². The normalized spacial score (nSPS) is 16.9. The second kappa shape index (κ2) is 7.68. The fourth-order valence-electron chi connectivity index (χ4n) is 3.27. The van der Waals surface area contributed by atoms with E-state index in [-0.39, 0.29) is 5.91 Å². The minimum Gasteiger partial charge on any atom is -0.368 e. The van der Waals surface area contributed by atoms with E-state index in [2.05, 4.69) is 31.1 Å². The van der Waals surface area contributed by atoms with Crippen LogP contribution in [-0.4, -0.2) is 47.9 Å². The van der Waals surface area contributed by atoms with Gasteiger partial charge in [-0.25, -0.2) is 0 Å². The first-order valence-corrected chi connectivity index (χ1v) is 9.95. The highest BCUT2D eigenvalue weighted by molar-refractivity contribution is 9.10. The van der Waals surface area contributed by atoms with Gasteiger partial charge in [-0.1, -0.05) is 0 Å². The molecule has 2 aromatic rings. The molecule has 2 amide bonds. The van der Waals surface area contributed by atoms with Crippen molar-refractivity contribution in [1.82, 2.24) is 9.88 Å². The van der Waals surface area contributed by atoms with Gasteiger partial charge in [-0.05, 0) is 59.1 Å². The molecule has 1 aromatic carbocycles. The second-order valence-electron chi connectivity index (χ2n) is 6.98. The number of pyridine rings is 1. The second-order valence-corrected chi connectivity index (χ2v) is 7.90. The minimum absolute atomic E-state index is 0.191. The standard InChI is InChI=1S/C20H21BrN4O2/c21-16-11-15(12-22-13-16)19(26)23-17-3-5-18(6-4-17)24-7-9-25(10-8-24)20(27)14-1-2-14/h3-6,11-14H,1-2,7-10H2,(H,23,26). The molecule has 2 heterocycles. The van der Waals surface area contributed by atoms with Crippen LogP contribution in [0.3, 0.4) is 0 Å². The summed E-state index contributed by atoms with van der Waals surface area (Å²) < 4.78 is 0.768. The average molecular weight is 429 g/mol. The SMILES string of the molecule is O=C(Nc1ccc(N2CCN(C(=O)C3CC3)CC2)cc1)c1cncc(Br)c1. The number of carbonyl (C=O) groups excluding carboxylic acids is 2. The van der Waals surface area contributed by atoms with Gasteiger partial charge in [0.2, 0.25) is 5.91 Å². The van der Waals surface area contributed by atoms with Crippen molar-refractivity contribution >= 4 is 39.1 Å². The molecular formula is C20H21BrN4O2. The molecule has 2 fully saturated rings. The molecule has 7 heteroatoms. The van der Waals surface area contributed by atoms with Gasteiger partial charge in [-0.2, -0.15) is 0 Å². The molecule has 0 bridgehead atoms. The van der Waals surface area contributed by atoms with Gasteiger partial charge in [0.05, 0.1) is 5.56 Å². The Labute approximate surface area is 166 Å². The summed E-state index contributed by atoms with van der Waals surface area (Å²) in [6, 6.07) is 9.56. The smallest absolute Gasteiger partial charge is 0.257 e. The lowest BCUT2D eigenvalue weighted by molar-refractivity contribution is -0.132. The molecule has 1 N–H and O–H groups in total. The van der Waals surface area contributed by atoms with Gasteiger partial charge < -0.3 is 15.1 Å². The third-order valence-corrected chi connectivity index (χ3v) is 5.41. The largest absolute Gasteiger partial charge is 0.368 e. The third kappa shape index (κ3) is 4.30. The summed E-state index contributed by atoms with van der Waals surface area (Å²) in [7, 11) is 0. The summed E-state index contributed by atoms with van der Waals surface area (Å²) in [6.07, 6.45) is 5.30. The fourth-order valence-corrected chi connectivity index (χ4v) is 3.63.